The van der Waals surface area contributed by atoms with Gasteiger partial charge in [-0.05, 0) is 114 Å². The van der Waals surface area contributed by atoms with E-state index in [1.54, 1.807) is 93.6 Å². The lowest BCUT2D eigenvalue weighted by atomic mass is 9.76. The molecule has 0 saturated carbocycles. The van der Waals surface area contributed by atoms with Crippen LogP contribution in [0, 0.1) is 11.3 Å². The highest BCUT2D eigenvalue weighted by atomic mass is 32.2. The first-order valence-corrected chi connectivity index (χ1v) is 33.7. The van der Waals surface area contributed by atoms with Crippen molar-refractivity contribution in [3.05, 3.63) is 131 Å². The summed E-state index contributed by atoms with van der Waals surface area (Å²) >= 11 is 0. The van der Waals surface area contributed by atoms with Crippen molar-refractivity contribution >= 4 is 69.5 Å². The molecule has 516 valence electrons. The number of unbranched alkanes of at least 4 members (excludes halogenated alkanes) is 3. The lowest BCUT2D eigenvalue weighted by Crippen LogP contribution is -2.63. The first-order valence-electron chi connectivity index (χ1n) is 32.0. The minimum atomic E-state index is -4.31. The molecule has 6 N–H and O–H groups in total. The van der Waals surface area contributed by atoms with Gasteiger partial charge in [-0.2, -0.15) is 0 Å². The Hall–Kier alpha value is -8.41. The van der Waals surface area contributed by atoms with E-state index in [2.05, 4.69) is 31.3 Å². The molecule has 5 atom stereocenters. The van der Waals surface area contributed by atoms with Gasteiger partial charge in [-0.1, -0.05) is 146 Å². The van der Waals surface area contributed by atoms with Crippen LogP contribution in [0.25, 0.3) is 0 Å². The van der Waals surface area contributed by atoms with E-state index in [9.17, 15) is 56.4 Å². The summed E-state index contributed by atoms with van der Waals surface area (Å²) in [4.78, 5) is 138. The molecule has 94 heavy (non-hydrogen) atoms. The average Bonchev–Trinajstić information content (AvgIpc) is 0.878. The third-order valence-corrected chi connectivity index (χ3v) is 16.8. The van der Waals surface area contributed by atoms with Crippen LogP contribution in [-0.4, -0.2) is 151 Å². The predicted molar refractivity (Wildman–Crippen MR) is 359 cm³/mol. The monoisotopic (exact) mass is 1320 g/mol. The van der Waals surface area contributed by atoms with Gasteiger partial charge in [0.1, 0.15) is 35.4 Å². The first-order chi connectivity index (χ1) is 43.7. The number of ether oxygens (including phenoxy) is 2. The Morgan fingerprint density at radius 2 is 1.19 bits per heavy atom. The fourth-order valence-electron chi connectivity index (χ4n) is 10.5. The Kier molecular flexibility index (Phi) is 28.8. The van der Waals surface area contributed by atoms with Crippen LogP contribution >= 0.6 is 0 Å². The third-order valence-electron chi connectivity index (χ3n) is 15.6. The van der Waals surface area contributed by atoms with Gasteiger partial charge in [-0.15, -0.1) is 0 Å². The van der Waals surface area contributed by atoms with Crippen molar-refractivity contribution in [3.63, 3.8) is 0 Å². The zero-order chi connectivity index (χ0) is 70.5. The van der Waals surface area contributed by atoms with Crippen LogP contribution in [0.2, 0.25) is 0 Å². The summed E-state index contributed by atoms with van der Waals surface area (Å²) in [5, 5.41) is 14.2. The van der Waals surface area contributed by atoms with E-state index >= 15 is 0 Å². The molecule has 0 spiro atoms. The molecular weight excluding hydrogens is 1220 g/mol. The van der Waals surface area contributed by atoms with E-state index < -0.39 is 116 Å². The molecular formula is C70H101N9O14S. The Balaban J connectivity index is 1.45. The fraction of sp³-hybridized carbons (Fsp3) is 0.543. The molecule has 1 aliphatic heterocycles. The normalized spacial score (nSPS) is 14.6. The molecule has 0 aliphatic carbocycles. The summed E-state index contributed by atoms with van der Waals surface area (Å²) in [6.45, 7) is 25.0. The van der Waals surface area contributed by atoms with E-state index in [-0.39, 0.29) is 62.2 Å². The summed E-state index contributed by atoms with van der Waals surface area (Å²) in [5.74, 6) is -5.24. The number of alkyl carbamates (subject to hydrolysis) is 1. The van der Waals surface area contributed by atoms with E-state index in [1.807, 2.05) is 76.2 Å². The maximum absolute atomic E-state index is 14.7. The van der Waals surface area contributed by atoms with Crippen molar-refractivity contribution in [3.8, 4) is 0 Å². The number of carbonyl (C=O) groups is 10. The van der Waals surface area contributed by atoms with Crippen molar-refractivity contribution in [2.75, 3.05) is 27.2 Å². The van der Waals surface area contributed by atoms with Crippen LogP contribution in [0.4, 0.5) is 9.59 Å². The summed E-state index contributed by atoms with van der Waals surface area (Å²) in [5.41, 5.74) is -1.03. The number of hydrogen-bond acceptors (Lipinski definition) is 14. The van der Waals surface area contributed by atoms with Gasteiger partial charge in [0, 0.05) is 69.7 Å². The number of amides is 10. The summed E-state index contributed by atoms with van der Waals surface area (Å²) in [7, 11) is -1.28. The number of nitrogens with one attached hydrogen (secondary N) is 6. The topological polar surface area (TPSA) is 305 Å². The predicted octanol–water partition coefficient (Wildman–Crippen LogP) is 7.82. The molecule has 10 amide bonds. The number of likely N-dealkylation sites (N-methyl/N-ethyl adjacent to an activating group) is 2. The van der Waals surface area contributed by atoms with E-state index in [4.69, 9.17) is 9.47 Å². The van der Waals surface area contributed by atoms with Crippen molar-refractivity contribution in [2.24, 2.45) is 11.3 Å². The van der Waals surface area contributed by atoms with Crippen molar-refractivity contribution in [1.29, 1.82) is 0 Å². The molecule has 0 saturated heterocycles. The van der Waals surface area contributed by atoms with Crippen LogP contribution in [-0.2, 0) is 82.0 Å². The molecule has 1 heterocycles. The summed E-state index contributed by atoms with van der Waals surface area (Å²) in [6, 6.07) is 19.3. The van der Waals surface area contributed by atoms with Gasteiger partial charge in [0.05, 0.1) is 11.8 Å². The van der Waals surface area contributed by atoms with Gasteiger partial charge in [0.15, 0.2) is 0 Å². The van der Waals surface area contributed by atoms with Crippen LogP contribution < -0.4 is 31.3 Å². The smallest absolute Gasteiger partial charge is 0.410 e. The Labute approximate surface area is 555 Å². The lowest BCUT2D eigenvalue weighted by Gasteiger charge is -2.42. The van der Waals surface area contributed by atoms with Gasteiger partial charge in [-0.3, -0.25) is 48.2 Å². The van der Waals surface area contributed by atoms with Gasteiger partial charge in [0.25, 0.3) is 17.7 Å². The van der Waals surface area contributed by atoms with E-state index in [0.717, 1.165) is 16.0 Å². The molecule has 0 fully saturated rings. The van der Waals surface area contributed by atoms with Crippen molar-refractivity contribution in [2.45, 2.75) is 207 Å². The van der Waals surface area contributed by atoms with E-state index in [0.29, 0.717) is 43.2 Å². The van der Waals surface area contributed by atoms with Gasteiger partial charge >= 0.3 is 12.2 Å². The molecule has 24 heteroatoms. The highest BCUT2D eigenvalue weighted by molar-refractivity contribution is 7.89. The van der Waals surface area contributed by atoms with Crippen LogP contribution in [0.5, 0.6) is 0 Å². The minimum Gasteiger partial charge on any atom is -0.444 e. The Morgan fingerprint density at radius 3 is 1.76 bits per heavy atom. The zero-order valence-corrected chi connectivity index (χ0v) is 58.5. The molecule has 0 radical (unpaired) electrons. The van der Waals surface area contributed by atoms with Crippen molar-refractivity contribution < 1.29 is 65.8 Å². The number of rotatable bonds is 32. The molecule has 0 unspecified atom stereocenters. The summed E-state index contributed by atoms with van der Waals surface area (Å²) in [6.07, 6.45) is 5.18. The second-order valence-corrected chi connectivity index (χ2v) is 29.6. The molecule has 3 aromatic rings. The second-order valence-electron chi connectivity index (χ2n) is 27.9. The molecule has 0 bridgehead atoms. The highest BCUT2D eigenvalue weighted by Crippen LogP contribution is 2.33. The largest absolute Gasteiger partial charge is 0.444 e. The average molecular weight is 1320 g/mol. The zero-order valence-electron chi connectivity index (χ0n) is 57.7. The van der Waals surface area contributed by atoms with Crippen LogP contribution in [0.3, 0.4) is 0 Å². The molecule has 4 rings (SSSR count). The third kappa shape index (κ3) is 25.5. The number of hydrogen-bond donors (Lipinski definition) is 6. The molecule has 23 nitrogen and oxygen atoms in total. The van der Waals surface area contributed by atoms with Gasteiger partial charge in [-0.25, -0.2) is 22.7 Å². The quantitative estimate of drug-likeness (QED) is 0.0197. The Morgan fingerprint density at radius 1 is 0.617 bits per heavy atom. The number of carbonyl (C=O) groups excluding carboxylic acids is 10. The second kappa shape index (κ2) is 34.7. The minimum absolute atomic E-state index is 0.00569. The van der Waals surface area contributed by atoms with Gasteiger partial charge < -0.3 is 41.0 Å². The number of benzene rings is 3. The highest BCUT2D eigenvalue weighted by Gasteiger charge is 2.46. The van der Waals surface area contributed by atoms with E-state index in [1.165, 1.54) is 54.1 Å². The van der Waals surface area contributed by atoms with Gasteiger partial charge in [0.2, 0.25) is 39.6 Å². The standard InChI is InChI=1S/C70H101N9O14S/c1-46(2)54(77(15)64(87)58(67(4,5)6)75-63(86)59(78(16)66(89)93-69(10,11)12)70(13,14)51-30-22-18-23-31-51)42-47(3)60(83)76-94(90,91)45-50-36-34-49(35-37-50)44-72-61(84)52(32-25-26-40-71-65(88)92-68(7,8)9)74-62(85)53(43-48-28-20-17-21-29-48)73-55(80)33-24-19-27-41-79-56(81)38-39-57(79)82/h17-18,20-23,28-31,34-39,42,46,52-54,58-59H,19,24-27,32-33,40-41,43-45H2,1-16H3,(H,71,88)(H,72,84)(H,73,80)(H,74,85)(H,75,86)(H,76,83)/b47-42+/t52-,53-,54-,58-,59-/m1/s1. The molecule has 1 aliphatic rings. The van der Waals surface area contributed by atoms with Crippen LogP contribution in [0.15, 0.2) is 109 Å². The maximum atomic E-state index is 14.7. The summed E-state index contributed by atoms with van der Waals surface area (Å²) < 4.78 is 40.4. The maximum Gasteiger partial charge on any atom is 0.410 e. The Bertz CT molecular complexity index is 3280. The number of nitrogens with zero attached hydrogens (tertiary/aromatic N) is 3. The van der Waals surface area contributed by atoms with Crippen LogP contribution in [0.1, 0.15) is 164 Å². The number of imide groups is 1. The number of sulfonamides is 1. The van der Waals surface area contributed by atoms with Crippen molar-refractivity contribution in [1.82, 2.24) is 46.0 Å². The fourth-order valence-corrected chi connectivity index (χ4v) is 11.7. The first kappa shape index (κ1) is 78.0. The lowest BCUT2D eigenvalue weighted by molar-refractivity contribution is -0.142. The molecule has 0 aromatic heterocycles. The molecule has 3 aromatic carbocycles. The SMILES string of the molecule is C/C(=C\[C@H](C(C)C)N(C)C(=O)[C@@H](NC(=O)[C@@H](N(C)C(=O)OC(C)(C)C)C(C)(C)c1ccccc1)C(C)(C)C)C(=O)NS(=O)(=O)Cc1ccc(CNC(=O)[C@@H](CCCCNC(=O)OC(C)(C)C)NC(=O)[C@@H](Cc2ccccc2)NC(=O)CCCCCN2C(=O)C=CC2=O)cc1.